The van der Waals surface area contributed by atoms with E-state index in [4.69, 9.17) is 25.0 Å². The van der Waals surface area contributed by atoms with Crippen molar-refractivity contribution in [3.8, 4) is 11.5 Å². The average Bonchev–Trinajstić information content (AvgIpc) is 3.43. The molecule has 1 amide bonds. The molecule has 1 saturated heterocycles. The van der Waals surface area contributed by atoms with Crippen molar-refractivity contribution in [1.29, 1.82) is 0 Å². The number of nitrogens with zero attached hydrogens (tertiary/aromatic N) is 5. The molecule has 11 rings (SSSR count). The van der Waals surface area contributed by atoms with E-state index in [2.05, 4.69) is 60.3 Å². The number of fused-ring (bicyclic) bond motifs is 5. The number of nitrogen functional groups attached to an aromatic ring is 1. The number of carboxylic acid groups (broad SMARTS) is 1. The highest BCUT2D eigenvalue weighted by Crippen LogP contribution is 2.66. The van der Waals surface area contributed by atoms with Gasteiger partial charge in [-0.1, -0.05) is 18.9 Å². The van der Waals surface area contributed by atoms with Crippen LogP contribution in [0.3, 0.4) is 0 Å². The summed E-state index contributed by atoms with van der Waals surface area (Å²) < 4.78 is 63.7. The minimum absolute atomic E-state index is 0.0240. The van der Waals surface area contributed by atoms with E-state index in [1.165, 1.54) is 34.3 Å². The number of aromatic nitrogens is 4. The highest BCUT2D eigenvalue weighted by atomic mass is 31.3. The molecule has 2 aromatic heterocycles. The Bertz CT molecular complexity index is 3670. The lowest BCUT2D eigenvalue weighted by Crippen LogP contribution is -2.45. The smallest absolute Gasteiger partial charge is 0.490 e. The number of carbonyl (C=O) groups excluding carboxylic acids is 2. The number of aromatic carboxylic acids is 1. The lowest BCUT2D eigenvalue weighted by Gasteiger charge is -2.39. The van der Waals surface area contributed by atoms with E-state index in [0.29, 0.717) is 37.8 Å². The summed E-state index contributed by atoms with van der Waals surface area (Å²) in [5.74, 6) is -0.614. The predicted octanol–water partition coefficient (Wildman–Crippen LogP) is 0.865. The number of hydrogen-bond acceptors (Lipinski definition) is 19. The van der Waals surface area contributed by atoms with E-state index < -0.39 is 66.1 Å². The summed E-state index contributed by atoms with van der Waals surface area (Å²) in [4.78, 5) is 90.2. The number of imidazole rings is 1. The van der Waals surface area contributed by atoms with Crippen molar-refractivity contribution in [2.75, 3.05) is 61.8 Å². The predicted molar refractivity (Wildman–Crippen MR) is 279 cm³/mol. The molecule has 0 radical (unpaired) electrons. The summed E-state index contributed by atoms with van der Waals surface area (Å²) in [6.45, 7) is 3.33. The Labute approximate surface area is 449 Å². The van der Waals surface area contributed by atoms with Crippen LogP contribution >= 0.6 is 23.5 Å². The number of unbranched alkanes of at least 4 members (excludes halogenated alkanes) is 3. The van der Waals surface area contributed by atoms with Gasteiger partial charge in [-0.25, -0.2) is 23.3 Å². The molecule has 6 aliphatic rings. The summed E-state index contributed by atoms with van der Waals surface area (Å²) in [5.41, 5.74) is 12.8. The van der Waals surface area contributed by atoms with Crippen LogP contribution in [0, 0.1) is 0 Å². The number of anilines is 3. The van der Waals surface area contributed by atoms with E-state index in [0.717, 1.165) is 121 Å². The molecule has 6 aliphatic heterocycles. The van der Waals surface area contributed by atoms with Crippen molar-refractivity contribution in [2.24, 2.45) is 0 Å². The Kier molecular flexibility index (Phi) is 15.0. The van der Waals surface area contributed by atoms with Gasteiger partial charge in [-0.15, -0.1) is 0 Å². The van der Waals surface area contributed by atoms with Crippen molar-refractivity contribution in [2.45, 2.75) is 102 Å². The van der Waals surface area contributed by atoms with Gasteiger partial charge in [0.05, 0.1) is 18.1 Å². The van der Waals surface area contributed by atoms with Crippen LogP contribution in [0.2, 0.25) is 0 Å². The number of ether oxygens (including phenoxy) is 2. The SMILES string of the molecule is Nc1nc2c(nc(NCCCCCCNC(=O)c3ccc(C(=O)[O-])c(C4=c5cc6c7c(c5Oc5c4cc4c8c5CCCN8CCC4)CCC[N+]=7CCC6)c3)n2[C@@H]2O[C@H](COP(=O)(O)OP(=O)(O)OP(=O)(O)O)[C@@H](O)[C@H]2O)c(=O)[nH]1. The van der Waals surface area contributed by atoms with Gasteiger partial charge in [0.1, 0.15) is 42.9 Å². The molecule has 27 nitrogen and oxygen atoms in total. The molecule has 0 aliphatic carbocycles. The zero-order valence-corrected chi connectivity index (χ0v) is 45.1. The van der Waals surface area contributed by atoms with E-state index >= 15 is 0 Å². The quantitative estimate of drug-likeness (QED) is 0.0305. The van der Waals surface area contributed by atoms with Gasteiger partial charge >= 0.3 is 23.5 Å². The molecule has 422 valence electrons. The van der Waals surface area contributed by atoms with E-state index in [1.807, 2.05) is 0 Å². The fourth-order valence-electron chi connectivity index (χ4n) is 11.9. The standard InChI is InChI=1S/C49H58N9O18P3/c50-48-54-43-36(45(62)55-48)53-49(58(43)46-40(60)39(59)34(73-46)24-72-78(68,69)76-79(70,71)75-77(65,66)67)52-16-4-2-1-3-15-51-44(61)27-13-14-28(47(63)64)31(23-27)35-32-21-25-9-5-17-56-19-7-11-29(37(25)56)41(32)74-42-30-12-8-20-57-18-6-10-26(38(30)57)22-33(35)42/h13-14,21-23,34,39-40,46,59-60H,1-12,15-20,24H2,(H9-,50,51,52,53,54,55,61,62,63,64,65,66,67,68,69,70,71)/t34-,39-,40-,46-/m1/s1. The van der Waals surface area contributed by atoms with Crippen LogP contribution in [-0.4, -0.2) is 125 Å². The number of aromatic amines is 1. The maximum atomic E-state index is 14.0. The van der Waals surface area contributed by atoms with Gasteiger partial charge < -0.3 is 70.4 Å². The van der Waals surface area contributed by atoms with Gasteiger partial charge in [0.25, 0.3) is 11.5 Å². The van der Waals surface area contributed by atoms with Gasteiger partial charge in [-0.05, 0) is 86.8 Å². The summed E-state index contributed by atoms with van der Waals surface area (Å²) in [6.07, 6.45) is 2.81. The molecule has 0 bridgehead atoms. The first-order chi connectivity index (χ1) is 37.6. The number of rotatable bonds is 19. The van der Waals surface area contributed by atoms with Crippen molar-refractivity contribution in [1.82, 2.24) is 29.4 Å². The number of H-pyrrole nitrogens is 1. The van der Waals surface area contributed by atoms with Crippen LogP contribution < -0.4 is 51.8 Å². The zero-order valence-electron chi connectivity index (χ0n) is 42.4. The third-order valence-corrected chi connectivity index (χ3v) is 18.9. The van der Waals surface area contributed by atoms with Crippen molar-refractivity contribution >= 4 is 69.7 Å². The van der Waals surface area contributed by atoms with Crippen LogP contribution in [0.25, 0.3) is 16.7 Å². The molecule has 8 heterocycles. The maximum Gasteiger partial charge on any atom is 0.490 e. The minimum atomic E-state index is -5.86. The van der Waals surface area contributed by atoms with Gasteiger partial charge in [-0.2, -0.15) is 13.6 Å². The number of aryl methyl sites for hydroxylation is 2. The Morgan fingerprint density at radius 1 is 0.848 bits per heavy atom. The topological polar surface area (TPSA) is 396 Å². The molecule has 30 heteroatoms. The minimum Gasteiger partial charge on any atom is -0.545 e. The van der Waals surface area contributed by atoms with Crippen LogP contribution in [0.15, 0.2) is 35.1 Å². The molecule has 3 aromatic carbocycles. The lowest BCUT2D eigenvalue weighted by atomic mass is 9.81. The molecule has 79 heavy (non-hydrogen) atoms. The van der Waals surface area contributed by atoms with Gasteiger partial charge in [0.2, 0.25) is 17.3 Å². The number of phosphoric ester groups is 1. The Balaban J connectivity index is 0.771. The van der Waals surface area contributed by atoms with Crippen LogP contribution in [-0.2, 0) is 57.3 Å². The van der Waals surface area contributed by atoms with E-state index in [1.54, 1.807) is 6.07 Å². The lowest BCUT2D eigenvalue weighted by molar-refractivity contribution is -0.255. The largest absolute Gasteiger partial charge is 0.545 e. The molecule has 0 saturated carbocycles. The number of phosphoric acid groups is 3. The third kappa shape index (κ3) is 10.9. The van der Waals surface area contributed by atoms with Crippen molar-refractivity contribution in [3.63, 3.8) is 0 Å². The summed E-state index contributed by atoms with van der Waals surface area (Å²) in [5, 5.41) is 43.2. The zero-order chi connectivity index (χ0) is 55.7. The second-order valence-electron chi connectivity index (χ2n) is 20.4. The first-order valence-corrected chi connectivity index (χ1v) is 30.6. The normalized spacial score (nSPS) is 21.8. The van der Waals surface area contributed by atoms with Gasteiger partial charge in [0, 0.05) is 83.3 Å². The summed E-state index contributed by atoms with van der Waals surface area (Å²) in [6, 6.07) is 9.00. The van der Waals surface area contributed by atoms with Gasteiger partial charge in [-0.3, -0.25) is 23.7 Å². The number of amides is 1. The summed E-state index contributed by atoms with van der Waals surface area (Å²) in [7, 11) is -17.2. The second kappa shape index (κ2) is 21.5. The highest BCUT2D eigenvalue weighted by Gasteiger charge is 2.48. The molecule has 2 unspecified atom stereocenters. The van der Waals surface area contributed by atoms with Crippen molar-refractivity contribution < 1.29 is 80.8 Å². The van der Waals surface area contributed by atoms with Crippen molar-refractivity contribution in [3.05, 3.63) is 95.8 Å². The second-order valence-corrected chi connectivity index (χ2v) is 24.8. The first kappa shape index (κ1) is 55.0. The fourth-order valence-corrected chi connectivity index (χ4v) is 14.9. The fraction of sp³-hybridized carbons (Fsp3) is 0.469. The number of nitrogens with one attached hydrogen (secondary N) is 3. The molecule has 0 spiro atoms. The Hall–Kier alpha value is -5.89. The number of benzene rings is 3. The highest BCUT2D eigenvalue weighted by molar-refractivity contribution is 7.66. The molecule has 5 aromatic rings. The van der Waals surface area contributed by atoms with E-state index in [9.17, 15) is 53.2 Å². The molecule has 11 N–H and O–H groups in total. The number of hydrogen-bond donors (Lipinski definition) is 10. The molecule has 1 fully saturated rings. The first-order valence-electron chi connectivity index (χ1n) is 26.0. The van der Waals surface area contributed by atoms with E-state index in [-0.39, 0.29) is 46.6 Å². The van der Waals surface area contributed by atoms with Gasteiger partial charge in [0.15, 0.2) is 17.4 Å². The summed E-state index contributed by atoms with van der Waals surface area (Å²) >= 11 is 0. The van der Waals surface area contributed by atoms with Crippen LogP contribution in [0.4, 0.5) is 17.6 Å². The Morgan fingerprint density at radius 2 is 1.57 bits per heavy atom. The third-order valence-electron chi connectivity index (χ3n) is 15.1. The monoisotopic (exact) mass is 1150 g/mol. The number of aliphatic hydroxyl groups is 2. The average molecular weight is 1150 g/mol. The maximum absolute atomic E-state index is 14.0. The number of carboxylic acids is 1. The van der Waals surface area contributed by atoms with Crippen LogP contribution in [0.5, 0.6) is 11.5 Å². The molecular formula is C49H58N9O18P3. The molecular weight excluding hydrogens is 1100 g/mol. The number of carbonyl (C=O) groups is 2. The molecule has 6 atom stereocenters. The number of nitrogens with two attached hydrogens (primary N) is 1. The number of aliphatic hydroxyl groups excluding tert-OH is 2. The van der Waals surface area contributed by atoms with Crippen LogP contribution in [0.1, 0.15) is 112 Å². The Morgan fingerprint density at radius 3 is 2.33 bits per heavy atom.